The average Bonchev–Trinajstić information content (AvgIpc) is 2.69. The molecule has 1 saturated heterocycles. The second-order valence-electron chi connectivity index (χ2n) is 6.87. The maximum Gasteiger partial charge on any atom is 0.244 e. The van der Waals surface area contributed by atoms with Crippen LogP contribution < -0.4 is 5.32 Å². The average molecular weight is 386 g/mol. The zero-order valence-corrected chi connectivity index (χ0v) is 16.4. The monoisotopic (exact) mass is 385 g/mol. The molecule has 1 amide bonds. The van der Waals surface area contributed by atoms with Gasteiger partial charge in [-0.25, -0.2) is 0 Å². The van der Waals surface area contributed by atoms with E-state index >= 15 is 0 Å². The predicted octanol–water partition coefficient (Wildman–Crippen LogP) is 3.94. The first-order chi connectivity index (χ1) is 12.8. The molecule has 0 aliphatic carbocycles. The van der Waals surface area contributed by atoms with Crippen LogP contribution in [0.2, 0.25) is 0 Å². The fourth-order valence-corrected chi connectivity index (χ4v) is 3.37. The maximum atomic E-state index is 11.9. The molecule has 0 saturated carbocycles. The van der Waals surface area contributed by atoms with Gasteiger partial charge in [-0.05, 0) is 62.0 Å². The molecule has 0 bridgehead atoms. The third kappa shape index (κ3) is 7.53. The van der Waals surface area contributed by atoms with Crippen LogP contribution in [0.3, 0.4) is 0 Å². The Balaban J connectivity index is 0.00000261. The standard InChI is InChI=1S/C22H27N3O.ClH/c26-22(10-9-21-8-4-5-14-23-21)24-15-11-19-12-16-25(17-13-19)18-20-6-2-1-3-7-20;/h1-10,14,19H,11-13,15-18H2,(H,24,26);1H/b10-9+;. The third-order valence-electron chi connectivity index (χ3n) is 4.90. The molecule has 5 heteroatoms. The van der Waals surface area contributed by atoms with Gasteiger partial charge in [0.1, 0.15) is 0 Å². The van der Waals surface area contributed by atoms with E-state index in [1.807, 2.05) is 18.2 Å². The molecule has 0 atom stereocenters. The van der Waals surface area contributed by atoms with Gasteiger partial charge < -0.3 is 5.32 Å². The molecule has 144 valence electrons. The van der Waals surface area contributed by atoms with Crippen molar-refractivity contribution in [1.82, 2.24) is 15.2 Å². The van der Waals surface area contributed by atoms with Crippen LogP contribution in [0.15, 0.2) is 60.8 Å². The van der Waals surface area contributed by atoms with Crippen LogP contribution in [0.1, 0.15) is 30.5 Å². The number of amides is 1. The Bertz CT molecular complexity index is 698. The number of nitrogens with one attached hydrogen (secondary N) is 1. The van der Waals surface area contributed by atoms with Crippen molar-refractivity contribution in [2.75, 3.05) is 19.6 Å². The zero-order chi connectivity index (χ0) is 18.0. The summed E-state index contributed by atoms with van der Waals surface area (Å²) in [5.41, 5.74) is 2.19. The van der Waals surface area contributed by atoms with Gasteiger partial charge in [0.05, 0.1) is 5.69 Å². The number of carbonyl (C=O) groups excluding carboxylic acids is 1. The van der Waals surface area contributed by atoms with Gasteiger partial charge in [0.15, 0.2) is 0 Å². The Morgan fingerprint density at radius 2 is 1.85 bits per heavy atom. The van der Waals surface area contributed by atoms with E-state index in [9.17, 15) is 4.79 Å². The third-order valence-corrected chi connectivity index (χ3v) is 4.90. The lowest BCUT2D eigenvalue weighted by Crippen LogP contribution is -2.34. The summed E-state index contributed by atoms with van der Waals surface area (Å²) in [6.07, 6.45) is 8.52. The summed E-state index contributed by atoms with van der Waals surface area (Å²) in [5, 5.41) is 2.98. The molecule has 1 N–H and O–H groups in total. The minimum atomic E-state index is -0.0443. The molecular formula is C22H28ClN3O. The Labute approximate surface area is 168 Å². The molecule has 4 nitrogen and oxygen atoms in total. The van der Waals surface area contributed by atoms with Gasteiger partial charge in [-0.15, -0.1) is 12.4 Å². The highest BCUT2D eigenvalue weighted by Gasteiger charge is 2.18. The molecule has 1 aromatic carbocycles. The first kappa shape index (κ1) is 21.1. The fourth-order valence-electron chi connectivity index (χ4n) is 3.37. The Hall–Kier alpha value is -2.17. The van der Waals surface area contributed by atoms with E-state index in [1.165, 1.54) is 18.4 Å². The summed E-state index contributed by atoms with van der Waals surface area (Å²) < 4.78 is 0. The minimum Gasteiger partial charge on any atom is -0.353 e. The second kappa shape index (κ2) is 11.5. The van der Waals surface area contributed by atoms with Crippen molar-refractivity contribution in [2.24, 2.45) is 5.92 Å². The molecule has 1 fully saturated rings. The molecule has 27 heavy (non-hydrogen) atoms. The van der Waals surface area contributed by atoms with Crippen molar-refractivity contribution >= 4 is 24.4 Å². The lowest BCUT2D eigenvalue weighted by Gasteiger charge is -2.32. The lowest BCUT2D eigenvalue weighted by atomic mass is 9.93. The van der Waals surface area contributed by atoms with Gasteiger partial charge in [0, 0.05) is 25.4 Å². The van der Waals surface area contributed by atoms with Gasteiger partial charge in [-0.1, -0.05) is 36.4 Å². The summed E-state index contributed by atoms with van der Waals surface area (Å²) in [5.74, 6) is 0.666. The van der Waals surface area contributed by atoms with E-state index in [0.29, 0.717) is 5.92 Å². The van der Waals surface area contributed by atoms with Crippen molar-refractivity contribution in [1.29, 1.82) is 0 Å². The molecule has 2 aromatic rings. The summed E-state index contributed by atoms with van der Waals surface area (Å²) in [6.45, 7) is 4.08. The van der Waals surface area contributed by atoms with Gasteiger partial charge in [-0.3, -0.25) is 14.7 Å². The molecular weight excluding hydrogens is 358 g/mol. The van der Waals surface area contributed by atoms with Crippen LogP contribution in [0.4, 0.5) is 0 Å². The number of carbonyl (C=O) groups is 1. The summed E-state index contributed by atoms with van der Waals surface area (Å²) in [4.78, 5) is 18.6. The normalized spacial score (nSPS) is 15.4. The Morgan fingerprint density at radius 3 is 2.56 bits per heavy atom. The van der Waals surface area contributed by atoms with Gasteiger partial charge in [-0.2, -0.15) is 0 Å². The van der Waals surface area contributed by atoms with E-state index in [0.717, 1.165) is 38.3 Å². The van der Waals surface area contributed by atoms with Crippen molar-refractivity contribution in [2.45, 2.75) is 25.8 Å². The van der Waals surface area contributed by atoms with E-state index in [1.54, 1.807) is 18.3 Å². The smallest absolute Gasteiger partial charge is 0.244 e. The topological polar surface area (TPSA) is 45.2 Å². The first-order valence-corrected chi connectivity index (χ1v) is 9.43. The van der Waals surface area contributed by atoms with Gasteiger partial charge in [0.2, 0.25) is 5.91 Å². The second-order valence-corrected chi connectivity index (χ2v) is 6.87. The van der Waals surface area contributed by atoms with Gasteiger partial charge >= 0.3 is 0 Å². The molecule has 0 radical (unpaired) electrons. The highest BCUT2D eigenvalue weighted by Crippen LogP contribution is 2.21. The summed E-state index contributed by atoms with van der Waals surface area (Å²) in [6, 6.07) is 16.3. The molecule has 3 rings (SSSR count). The van der Waals surface area contributed by atoms with Crippen LogP contribution in [0, 0.1) is 5.92 Å². The van der Waals surface area contributed by atoms with E-state index in [4.69, 9.17) is 0 Å². The highest BCUT2D eigenvalue weighted by atomic mass is 35.5. The first-order valence-electron chi connectivity index (χ1n) is 9.43. The van der Waals surface area contributed by atoms with E-state index in [-0.39, 0.29) is 18.3 Å². The number of piperidine rings is 1. The number of hydrogen-bond donors (Lipinski definition) is 1. The van der Waals surface area contributed by atoms with Gasteiger partial charge in [0.25, 0.3) is 0 Å². The Kier molecular flexibility index (Phi) is 9.02. The maximum absolute atomic E-state index is 11.9. The molecule has 0 spiro atoms. The number of pyridine rings is 1. The lowest BCUT2D eigenvalue weighted by molar-refractivity contribution is -0.116. The SMILES string of the molecule is Cl.O=C(/C=C/c1ccccn1)NCCC1CCN(Cc2ccccc2)CC1. The molecule has 1 aliphatic heterocycles. The van der Waals surface area contributed by atoms with E-state index in [2.05, 4.69) is 45.5 Å². The molecule has 2 heterocycles. The summed E-state index contributed by atoms with van der Waals surface area (Å²) in [7, 11) is 0. The number of aromatic nitrogens is 1. The molecule has 1 aromatic heterocycles. The largest absolute Gasteiger partial charge is 0.353 e. The van der Waals surface area contributed by atoms with Crippen molar-refractivity contribution < 1.29 is 4.79 Å². The summed E-state index contributed by atoms with van der Waals surface area (Å²) >= 11 is 0. The van der Waals surface area contributed by atoms with E-state index < -0.39 is 0 Å². The number of rotatable bonds is 7. The highest BCUT2D eigenvalue weighted by molar-refractivity contribution is 5.91. The number of benzene rings is 1. The van der Waals surface area contributed by atoms with Crippen LogP contribution in [-0.4, -0.2) is 35.4 Å². The van der Waals surface area contributed by atoms with Crippen molar-refractivity contribution in [3.8, 4) is 0 Å². The quantitative estimate of drug-likeness (QED) is 0.734. The number of likely N-dealkylation sites (tertiary alicyclic amines) is 1. The van der Waals surface area contributed by atoms with Crippen LogP contribution in [0.25, 0.3) is 6.08 Å². The minimum absolute atomic E-state index is 0. The van der Waals surface area contributed by atoms with Crippen LogP contribution in [0.5, 0.6) is 0 Å². The number of hydrogen-bond acceptors (Lipinski definition) is 3. The zero-order valence-electron chi connectivity index (χ0n) is 15.6. The Morgan fingerprint density at radius 1 is 1.11 bits per heavy atom. The number of halogens is 1. The fraction of sp³-hybridized carbons (Fsp3) is 0.364. The van der Waals surface area contributed by atoms with Crippen LogP contribution >= 0.6 is 12.4 Å². The predicted molar refractivity (Wildman–Crippen MR) is 113 cm³/mol. The van der Waals surface area contributed by atoms with Crippen molar-refractivity contribution in [3.05, 3.63) is 72.1 Å². The number of nitrogens with zero attached hydrogens (tertiary/aromatic N) is 2. The van der Waals surface area contributed by atoms with Crippen LogP contribution in [-0.2, 0) is 11.3 Å². The van der Waals surface area contributed by atoms with Crippen molar-refractivity contribution in [3.63, 3.8) is 0 Å². The molecule has 0 unspecified atom stereocenters. The molecule has 1 aliphatic rings.